The van der Waals surface area contributed by atoms with E-state index < -0.39 is 24.1 Å². The van der Waals surface area contributed by atoms with Gasteiger partial charge in [0.2, 0.25) is 0 Å². The molecule has 0 amide bonds. The van der Waals surface area contributed by atoms with Gasteiger partial charge < -0.3 is 31.4 Å². The molecule has 0 aromatic rings. The van der Waals surface area contributed by atoms with E-state index in [4.69, 9.17) is 20.4 Å². The first-order valence-electron chi connectivity index (χ1n) is 3.10. The van der Waals surface area contributed by atoms with Crippen LogP contribution in [-0.4, -0.2) is 55.5 Å². The van der Waals surface area contributed by atoms with Crippen LogP contribution in [0.25, 0.3) is 0 Å². The van der Waals surface area contributed by atoms with Gasteiger partial charge in [-0.05, 0) is 13.8 Å². The van der Waals surface area contributed by atoms with Crippen molar-refractivity contribution in [3.8, 4) is 0 Å². The Labute approximate surface area is 101 Å². The van der Waals surface area contributed by atoms with Crippen LogP contribution in [0.5, 0.6) is 0 Å². The normalized spacial score (nSPS) is 10.9. The van der Waals surface area contributed by atoms with Crippen LogP contribution in [0.15, 0.2) is 0 Å². The van der Waals surface area contributed by atoms with E-state index in [1.165, 1.54) is 13.8 Å². The summed E-state index contributed by atoms with van der Waals surface area (Å²) < 4.78 is 0. The zero-order chi connectivity index (χ0) is 10.3. The van der Waals surface area contributed by atoms with Crippen molar-refractivity contribution in [1.29, 1.82) is 0 Å². The Hall–Kier alpha value is -0.506. The summed E-state index contributed by atoms with van der Waals surface area (Å²) in [6.45, 7) is 2.39. The van der Waals surface area contributed by atoms with Crippen LogP contribution in [0.1, 0.15) is 13.8 Å². The van der Waals surface area contributed by atoms with Crippen molar-refractivity contribution < 1.29 is 62.7 Å². The maximum atomic E-state index is 9.45. The molecule has 0 aromatic carbocycles. The van der Waals surface area contributed by atoms with E-state index in [0.717, 1.165) is 0 Å². The molecule has 15 heavy (non-hydrogen) atoms. The van der Waals surface area contributed by atoms with Crippen LogP contribution in [0, 0.1) is 0 Å². The molecule has 0 radical (unpaired) electrons. The smallest absolute Gasteiger partial charge is 0.332 e. The molecule has 0 aliphatic heterocycles. The van der Waals surface area contributed by atoms with E-state index in [-0.39, 0.29) is 32.7 Å². The van der Waals surface area contributed by atoms with Gasteiger partial charge in [0.15, 0.2) is 0 Å². The molecule has 0 bridgehead atoms. The number of carboxylic acids is 2. The largest absolute Gasteiger partial charge is 0.479 e. The fourth-order valence-corrected chi connectivity index (χ4v) is 0. The molecule has 2 unspecified atom stereocenters. The predicted molar refractivity (Wildman–Crippen MR) is 45.9 cm³/mol. The quantitative estimate of drug-likeness (QED) is 0.392. The van der Waals surface area contributed by atoms with Crippen molar-refractivity contribution in [1.82, 2.24) is 0 Å². The van der Waals surface area contributed by atoms with E-state index in [1.807, 2.05) is 0 Å². The second-order valence-corrected chi connectivity index (χ2v) is 2.03. The van der Waals surface area contributed by atoms with Crippen LogP contribution in [0.2, 0.25) is 0 Å². The van der Waals surface area contributed by atoms with Crippen molar-refractivity contribution >= 4 is 11.9 Å². The molecule has 2 atom stereocenters. The SMILES string of the molecule is CC(O)C(=O)O.CC(O)C(=O)O.O.O.[Ti]. The second kappa shape index (κ2) is 15.9. The summed E-state index contributed by atoms with van der Waals surface area (Å²) in [5.41, 5.74) is 0. The van der Waals surface area contributed by atoms with Gasteiger partial charge in [-0.25, -0.2) is 9.59 Å². The Morgan fingerprint density at radius 3 is 0.933 bits per heavy atom. The van der Waals surface area contributed by atoms with Gasteiger partial charge in [0.05, 0.1) is 0 Å². The number of aliphatic hydroxyl groups is 2. The summed E-state index contributed by atoms with van der Waals surface area (Å²) in [6, 6.07) is 0. The van der Waals surface area contributed by atoms with Gasteiger partial charge in [-0.2, -0.15) is 0 Å². The molecule has 0 saturated heterocycles. The number of carboxylic acid groups (broad SMARTS) is 2. The number of aliphatic hydroxyl groups excluding tert-OH is 2. The Morgan fingerprint density at radius 2 is 0.933 bits per heavy atom. The molecule has 8 nitrogen and oxygen atoms in total. The van der Waals surface area contributed by atoms with Gasteiger partial charge in [0.25, 0.3) is 0 Å². The molecule has 9 heteroatoms. The van der Waals surface area contributed by atoms with Crippen LogP contribution in [0.3, 0.4) is 0 Å². The third kappa shape index (κ3) is 31.7. The number of hydrogen-bond donors (Lipinski definition) is 4. The van der Waals surface area contributed by atoms with Crippen molar-refractivity contribution in [2.75, 3.05) is 0 Å². The van der Waals surface area contributed by atoms with Crippen molar-refractivity contribution in [2.45, 2.75) is 26.1 Å². The first-order valence-corrected chi connectivity index (χ1v) is 3.10. The van der Waals surface area contributed by atoms with Crippen molar-refractivity contribution in [3.63, 3.8) is 0 Å². The van der Waals surface area contributed by atoms with E-state index in [2.05, 4.69) is 0 Å². The zero-order valence-corrected chi connectivity index (χ0v) is 9.82. The van der Waals surface area contributed by atoms with Gasteiger partial charge in [-0.1, -0.05) is 0 Å². The fraction of sp³-hybridized carbons (Fsp3) is 0.667. The first kappa shape index (κ1) is 29.3. The Kier molecular flexibility index (Phi) is 31.1. The van der Waals surface area contributed by atoms with Gasteiger partial charge in [-0.3, -0.25) is 0 Å². The number of carbonyl (C=O) groups is 2. The van der Waals surface area contributed by atoms with Crippen molar-refractivity contribution in [3.05, 3.63) is 0 Å². The molecule has 0 aliphatic carbocycles. The van der Waals surface area contributed by atoms with Crippen LogP contribution in [-0.2, 0) is 31.3 Å². The fourth-order valence-electron chi connectivity index (χ4n) is 0. The van der Waals surface area contributed by atoms with Crippen LogP contribution >= 0.6 is 0 Å². The molecule has 8 N–H and O–H groups in total. The minimum Gasteiger partial charge on any atom is -0.479 e. The monoisotopic (exact) mass is 264 g/mol. The summed E-state index contributed by atoms with van der Waals surface area (Å²) >= 11 is 0. The Bertz CT molecular complexity index is 139. The minimum absolute atomic E-state index is 0. The molecule has 0 fully saturated rings. The molecule has 0 aromatic heterocycles. The summed E-state index contributed by atoms with van der Waals surface area (Å²) in [5.74, 6) is -2.37. The van der Waals surface area contributed by atoms with E-state index in [1.54, 1.807) is 0 Å². The summed E-state index contributed by atoms with van der Waals surface area (Å²) in [7, 11) is 0. The van der Waals surface area contributed by atoms with Gasteiger partial charge >= 0.3 is 11.9 Å². The van der Waals surface area contributed by atoms with Crippen LogP contribution in [0.4, 0.5) is 0 Å². The second-order valence-electron chi connectivity index (χ2n) is 2.03. The average molecular weight is 264 g/mol. The number of aliphatic carboxylic acids is 2. The third-order valence-corrected chi connectivity index (χ3v) is 0.715. The van der Waals surface area contributed by atoms with E-state index >= 15 is 0 Å². The van der Waals surface area contributed by atoms with E-state index in [9.17, 15) is 9.59 Å². The molecular formula is C6H16O8Ti. The average Bonchev–Trinajstić information content (AvgIpc) is 1.88. The molecule has 92 valence electrons. The summed E-state index contributed by atoms with van der Waals surface area (Å²) in [4.78, 5) is 18.9. The molecule has 0 heterocycles. The summed E-state index contributed by atoms with van der Waals surface area (Å²) in [6.07, 6.45) is -2.46. The van der Waals surface area contributed by atoms with Crippen molar-refractivity contribution in [2.24, 2.45) is 0 Å². The van der Waals surface area contributed by atoms with E-state index in [0.29, 0.717) is 0 Å². The predicted octanol–water partition coefficient (Wildman–Crippen LogP) is -2.75. The molecule has 0 saturated carbocycles. The van der Waals surface area contributed by atoms with Gasteiger partial charge in [-0.15, -0.1) is 0 Å². The zero-order valence-electron chi connectivity index (χ0n) is 8.26. The number of rotatable bonds is 2. The third-order valence-electron chi connectivity index (χ3n) is 0.715. The molecule has 0 spiro atoms. The standard InChI is InChI=1S/2C3H6O3.2H2O.Ti/c2*1-2(4)3(5)6;;;/h2*2,4H,1H3,(H,5,6);2*1H2;. The number of hydrogen-bond acceptors (Lipinski definition) is 4. The van der Waals surface area contributed by atoms with Crippen LogP contribution < -0.4 is 0 Å². The van der Waals surface area contributed by atoms with Gasteiger partial charge in [0.1, 0.15) is 12.2 Å². The summed E-state index contributed by atoms with van der Waals surface area (Å²) in [5, 5.41) is 31.5. The molecule has 0 aliphatic rings. The Balaban J connectivity index is -0.0000000370. The van der Waals surface area contributed by atoms with Gasteiger partial charge in [0, 0.05) is 21.7 Å². The molecule has 0 rings (SSSR count). The first-order chi connectivity index (χ1) is 5.29. The molecular weight excluding hydrogens is 248 g/mol. The topological polar surface area (TPSA) is 178 Å². The minimum atomic E-state index is -1.23. The maximum absolute atomic E-state index is 9.45. The Morgan fingerprint density at radius 1 is 0.867 bits per heavy atom. The maximum Gasteiger partial charge on any atom is 0.332 e.